The first-order valence-corrected chi connectivity index (χ1v) is 10.4. The number of thioether (sulfide) groups is 1. The van der Waals surface area contributed by atoms with E-state index < -0.39 is 0 Å². The molecule has 25 heavy (non-hydrogen) atoms. The van der Waals surface area contributed by atoms with Gasteiger partial charge in [-0.1, -0.05) is 22.9 Å². The van der Waals surface area contributed by atoms with Crippen molar-refractivity contribution in [2.24, 2.45) is 4.99 Å². The number of guanidine groups is 1. The number of piperazine rings is 1. The highest BCUT2D eigenvalue weighted by atomic mass is 79.9. The minimum atomic E-state index is 0.154. The molecule has 0 spiro atoms. The molecule has 2 rings (SSSR count). The predicted molar refractivity (Wildman–Crippen MR) is 109 cm³/mol. The standard InChI is InChI=1S/C18H27BrN4OS/c1-4-20-18(23-11-9-22(10-12-23)15(3)24)21-13-14(2)25-17-7-5-16(19)6-8-17/h5-8,14H,4,9-13H2,1-3H3,(H,20,21). The van der Waals surface area contributed by atoms with Crippen LogP contribution in [0.3, 0.4) is 0 Å². The summed E-state index contributed by atoms with van der Waals surface area (Å²) in [5, 5.41) is 3.78. The van der Waals surface area contributed by atoms with Crippen LogP contribution in [0.1, 0.15) is 20.8 Å². The van der Waals surface area contributed by atoms with Gasteiger partial charge in [-0.25, -0.2) is 0 Å². The number of halogens is 1. The van der Waals surface area contributed by atoms with Gasteiger partial charge in [0.15, 0.2) is 5.96 Å². The Hall–Kier alpha value is -1.21. The second kappa shape index (κ2) is 10.1. The number of carbonyl (C=O) groups is 1. The summed E-state index contributed by atoms with van der Waals surface area (Å²) in [6.07, 6.45) is 0. The summed E-state index contributed by atoms with van der Waals surface area (Å²) in [4.78, 5) is 21.7. The zero-order valence-electron chi connectivity index (χ0n) is 15.2. The molecule has 1 fully saturated rings. The van der Waals surface area contributed by atoms with Crippen molar-refractivity contribution in [1.82, 2.24) is 15.1 Å². The SMILES string of the molecule is CCNC(=NCC(C)Sc1ccc(Br)cc1)N1CCN(C(C)=O)CC1. The number of benzene rings is 1. The maximum atomic E-state index is 11.5. The van der Waals surface area contributed by atoms with E-state index in [-0.39, 0.29) is 5.91 Å². The van der Waals surface area contributed by atoms with Gasteiger partial charge >= 0.3 is 0 Å². The summed E-state index contributed by atoms with van der Waals surface area (Å²) in [7, 11) is 0. The summed E-state index contributed by atoms with van der Waals surface area (Å²) in [6.45, 7) is 10.7. The van der Waals surface area contributed by atoms with E-state index in [1.807, 2.05) is 16.7 Å². The second-order valence-electron chi connectivity index (χ2n) is 6.07. The third-order valence-electron chi connectivity index (χ3n) is 4.01. The van der Waals surface area contributed by atoms with Crippen LogP contribution < -0.4 is 5.32 Å². The Kier molecular flexibility index (Phi) is 8.09. The molecule has 0 aliphatic carbocycles. The number of carbonyl (C=O) groups excluding carboxylic acids is 1. The smallest absolute Gasteiger partial charge is 0.219 e. The van der Waals surface area contributed by atoms with Crippen LogP contribution in [0.15, 0.2) is 38.6 Å². The number of hydrogen-bond acceptors (Lipinski definition) is 3. The molecule has 0 radical (unpaired) electrons. The average Bonchev–Trinajstić information content (AvgIpc) is 2.60. The number of nitrogens with one attached hydrogen (secondary N) is 1. The third kappa shape index (κ3) is 6.55. The van der Waals surface area contributed by atoms with Crippen LogP contribution in [0.25, 0.3) is 0 Å². The molecular formula is C18H27BrN4OS. The highest BCUT2D eigenvalue weighted by molar-refractivity contribution is 9.10. The first-order valence-electron chi connectivity index (χ1n) is 8.70. The fraction of sp³-hybridized carbons (Fsp3) is 0.556. The van der Waals surface area contributed by atoms with Gasteiger partial charge < -0.3 is 15.1 Å². The molecular weight excluding hydrogens is 400 g/mol. The van der Waals surface area contributed by atoms with E-state index in [1.165, 1.54) is 4.90 Å². The van der Waals surface area contributed by atoms with Crippen molar-refractivity contribution in [2.75, 3.05) is 39.3 Å². The Bertz CT molecular complexity index is 585. The summed E-state index contributed by atoms with van der Waals surface area (Å²) < 4.78 is 1.10. The predicted octanol–water partition coefficient (Wildman–Crippen LogP) is 3.06. The molecule has 0 saturated carbocycles. The largest absolute Gasteiger partial charge is 0.357 e. The number of rotatable bonds is 5. The van der Waals surface area contributed by atoms with Gasteiger partial charge in [0.1, 0.15) is 0 Å². The van der Waals surface area contributed by atoms with Crippen LogP contribution in [0.4, 0.5) is 0 Å². The van der Waals surface area contributed by atoms with E-state index in [0.717, 1.165) is 49.7 Å². The Morgan fingerprint density at radius 2 is 1.84 bits per heavy atom. The van der Waals surface area contributed by atoms with Crippen LogP contribution >= 0.6 is 27.7 Å². The van der Waals surface area contributed by atoms with Gasteiger partial charge in [-0.2, -0.15) is 0 Å². The zero-order chi connectivity index (χ0) is 18.2. The summed E-state index contributed by atoms with van der Waals surface area (Å²) in [6, 6.07) is 8.39. The molecule has 1 atom stereocenters. The average molecular weight is 427 g/mol. The maximum absolute atomic E-state index is 11.5. The van der Waals surface area contributed by atoms with Gasteiger partial charge in [0.05, 0.1) is 6.54 Å². The molecule has 1 unspecified atom stereocenters. The molecule has 1 N–H and O–H groups in total. The van der Waals surface area contributed by atoms with Gasteiger partial charge in [-0.3, -0.25) is 9.79 Å². The number of nitrogens with zero attached hydrogens (tertiary/aromatic N) is 3. The number of aliphatic imine (C=N–C) groups is 1. The van der Waals surface area contributed by atoms with Gasteiger partial charge in [0.2, 0.25) is 5.91 Å². The van der Waals surface area contributed by atoms with Crippen molar-refractivity contribution in [2.45, 2.75) is 30.9 Å². The van der Waals surface area contributed by atoms with Gasteiger partial charge in [0, 0.05) is 54.3 Å². The quantitative estimate of drug-likeness (QED) is 0.446. The first-order chi connectivity index (χ1) is 12.0. The van der Waals surface area contributed by atoms with E-state index in [1.54, 1.807) is 6.92 Å². The van der Waals surface area contributed by atoms with Crippen molar-refractivity contribution < 1.29 is 4.79 Å². The summed E-state index contributed by atoms with van der Waals surface area (Å²) in [5.74, 6) is 1.11. The van der Waals surface area contributed by atoms with E-state index in [0.29, 0.717) is 5.25 Å². The van der Waals surface area contributed by atoms with E-state index >= 15 is 0 Å². The van der Waals surface area contributed by atoms with Crippen LogP contribution in [0.5, 0.6) is 0 Å². The van der Waals surface area contributed by atoms with E-state index in [4.69, 9.17) is 4.99 Å². The zero-order valence-corrected chi connectivity index (χ0v) is 17.6. The van der Waals surface area contributed by atoms with Crippen LogP contribution in [-0.2, 0) is 4.79 Å². The second-order valence-corrected chi connectivity index (χ2v) is 8.50. The lowest BCUT2D eigenvalue weighted by molar-refractivity contribution is -0.130. The van der Waals surface area contributed by atoms with Gasteiger partial charge in [-0.15, -0.1) is 11.8 Å². The third-order valence-corrected chi connectivity index (χ3v) is 5.63. The maximum Gasteiger partial charge on any atom is 0.219 e. The van der Waals surface area contributed by atoms with Crippen molar-refractivity contribution >= 4 is 39.6 Å². The molecule has 5 nitrogen and oxygen atoms in total. The van der Waals surface area contributed by atoms with Crippen LogP contribution in [0.2, 0.25) is 0 Å². The molecule has 1 aromatic carbocycles. The molecule has 1 aliphatic rings. The van der Waals surface area contributed by atoms with Crippen molar-refractivity contribution in [3.05, 3.63) is 28.7 Å². The van der Waals surface area contributed by atoms with Gasteiger partial charge in [0.25, 0.3) is 0 Å². The minimum Gasteiger partial charge on any atom is -0.357 e. The molecule has 1 saturated heterocycles. The number of amides is 1. The lowest BCUT2D eigenvalue weighted by atomic mass is 10.3. The topological polar surface area (TPSA) is 47.9 Å². The Labute approximate surface area is 163 Å². The highest BCUT2D eigenvalue weighted by Gasteiger charge is 2.21. The Morgan fingerprint density at radius 1 is 1.24 bits per heavy atom. The van der Waals surface area contributed by atoms with Crippen LogP contribution in [-0.4, -0.2) is 66.2 Å². The van der Waals surface area contributed by atoms with Crippen LogP contribution in [0, 0.1) is 0 Å². The normalized spacial score (nSPS) is 16.7. The highest BCUT2D eigenvalue weighted by Crippen LogP contribution is 2.25. The molecule has 7 heteroatoms. The molecule has 0 aromatic heterocycles. The minimum absolute atomic E-state index is 0.154. The Morgan fingerprint density at radius 3 is 2.40 bits per heavy atom. The summed E-state index contributed by atoms with van der Waals surface area (Å²) in [5.41, 5.74) is 0. The number of hydrogen-bond donors (Lipinski definition) is 1. The lowest BCUT2D eigenvalue weighted by Crippen LogP contribution is -2.53. The molecule has 0 bridgehead atoms. The molecule has 1 heterocycles. The molecule has 1 aromatic rings. The van der Waals surface area contributed by atoms with Crippen molar-refractivity contribution in [3.8, 4) is 0 Å². The molecule has 138 valence electrons. The van der Waals surface area contributed by atoms with Crippen molar-refractivity contribution in [1.29, 1.82) is 0 Å². The lowest BCUT2D eigenvalue weighted by Gasteiger charge is -2.36. The van der Waals surface area contributed by atoms with E-state index in [9.17, 15) is 4.79 Å². The molecule has 1 aliphatic heterocycles. The van der Waals surface area contributed by atoms with E-state index in [2.05, 4.69) is 64.3 Å². The fourth-order valence-electron chi connectivity index (χ4n) is 2.66. The Balaban J connectivity index is 1.90. The first kappa shape index (κ1) is 20.1. The van der Waals surface area contributed by atoms with Crippen molar-refractivity contribution in [3.63, 3.8) is 0 Å². The monoisotopic (exact) mass is 426 g/mol. The molecule has 1 amide bonds. The van der Waals surface area contributed by atoms with Gasteiger partial charge in [-0.05, 0) is 31.2 Å². The fourth-order valence-corrected chi connectivity index (χ4v) is 3.83. The summed E-state index contributed by atoms with van der Waals surface area (Å²) >= 11 is 5.30.